The molecule has 170 valence electrons. The van der Waals surface area contributed by atoms with Gasteiger partial charge in [0.25, 0.3) is 5.91 Å². The number of aryl methyl sites for hydroxylation is 1. The highest BCUT2D eigenvalue weighted by molar-refractivity contribution is 5.88. The highest BCUT2D eigenvalue weighted by Gasteiger charge is 2.63. The number of rotatable bonds is 9. The summed E-state index contributed by atoms with van der Waals surface area (Å²) in [5.41, 5.74) is 1.54. The van der Waals surface area contributed by atoms with Crippen molar-refractivity contribution in [3.63, 3.8) is 0 Å². The minimum absolute atomic E-state index is 0.0373. The zero-order valence-corrected chi connectivity index (χ0v) is 18.9. The molecule has 1 saturated carbocycles. The number of hydrogen-bond acceptors (Lipinski definition) is 4. The van der Waals surface area contributed by atoms with E-state index in [1.807, 2.05) is 39.0 Å². The first-order valence-corrected chi connectivity index (χ1v) is 11.3. The first-order valence-electron chi connectivity index (χ1n) is 11.3. The minimum atomic E-state index is -0.880. The zero-order chi connectivity index (χ0) is 22.7. The van der Waals surface area contributed by atoms with Crippen molar-refractivity contribution in [1.82, 2.24) is 10.8 Å². The second-order valence-electron chi connectivity index (χ2n) is 10.2. The summed E-state index contributed by atoms with van der Waals surface area (Å²) in [4.78, 5) is 39.0. The molecular formula is C24H36N3O4+. The molecule has 0 spiro atoms. The number of carbonyl (C=O) groups excluding carboxylic acids is 3. The third kappa shape index (κ3) is 5.15. The summed E-state index contributed by atoms with van der Waals surface area (Å²) in [7, 11) is 0. The molecular weight excluding hydrogens is 394 g/mol. The fourth-order valence-corrected chi connectivity index (χ4v) is 4.95. The Kier molecular flexibility index (Phi) is 6.86. The Morgan fingerprint density at radius 1 is 1.16 bits per heavy atom. The number of likely N-dealkylation sites (tertiary alicyclic amines) is 1. The highest BCUT2D eigenvalue weighted by atomic mass is 16.5. The van der Waals surface area contributed by atoms with Gasteiger partial charge in [-0.1, -0.05) is 30.3 Å². The molecule has 1 aliphatic carbocycles. The van der Waals surface area contributed by atoms with Crippen molar-refractivity contribution >= 4 is 17.7 Å². The third-order valence-corrected chi connectivity index (χ3v) is 7.04. The molecule has 2 fully saturated rings. The molecule has 31 heavy (non-hydrogen) atoms. The number of hydroxylamine groups is 1. The quantitative estimate of drug-likeness (QED) is 0.319. The lowest BCUT2D eigenvalue weighted by Gasteiger charge is -2.44. The molecule has 1 aromatic rings. The van der Waals surface area contributed by atoms with E-state index in [4.69, 9.17) is 5.21 Å². The van der Waals surface area contributed by atoms with Gasteiger partial charge in [-0.3, -0.25) is 14.8 Å². The van der Waals surface area contributed by atoms with E-state index in [9.17, 15) is 14.4 Å². The Morgan fingerprint density at radius 3 is 2.42 bits per heavy atom. The molecule has 3 amide bonds. The fraction of sp³-hybridized carbons (Fsp3) is 0.625. The van der Waals surface area contributed by atoms with Gasteiger partial charge in [0, 0.05) is 18.9 Å². The van der Waals surface area contributed by atoms with Crippen LogP contribution in [0.5, 0.6) is 0 Å². The van der Waals surface area contributed by atoms with Crippen molar-refractivity contribution in [3.05, 3.63) is 35.9 Å². The van der Waals surface area contributed by atoms with E-state index in [2.05, 4.69) is 17.4 Å². The second-order valence-corrected chi connectivity index (χ2v) is 10.2. The van der Waals surface area contributed by atoms with Gasteiger partial charge in [-0.15, -0.1) is 0 Å². The molecule has 2 aliphatic rings. The molecule has 0 bridgehead atoms. The lowest BCUT2D eigenvalue weighted by atomic mass is 9.77. The number of benzene rings is 1. The third-order valence-electron chi connectivity index (χ3n) is 7.04. The number of quaternary nitrogens is 1. The van der Waals surface area contributed by atoms with Gasteiger partial charge in [0.2, 0.25) is 5.91 Å². The number of nitrogens with zero attached hydrogens (tertiary/aromatic N) is 1. The molecule has 1 heterocycles. The summed E-state index contributed by atoms with van der Waals surface area (Å²) in [6.07, 6.45) is 4.58. The maximum absolute atomic E-state index is 14.1. The topological polar surface area (TPSA) is 95.5 Å². The summed E-state index contributed by atoms with van der Waals surface area (Å²) >= 11 is 0. The van der Waals surface area contributed by atoms with Gasteiger partial charge >= 0.3 is 5.91 Å². The van der Waals surface area contributed by atoms with Gasteiger partial charge in [0.15, 0.2) is 6.54 Å². The van der Waals surface area contributed by atoms with Crippen LogP contribution in [0.15, 0.2) is 30.3 Å². The van der Waals surface area contributed by atoms with Crippen LogP contribution in [-0.2, 0) is 20.8 Å². The Balaban J connectivity index is 1.82. The molecule has 3 rings (SSSR count). The summed E-state index contributed by atoms with van der Waals surface area (Å²) < 4.78 is 0.0373. The maximum atomic E-state index is 14.1. The normalized spacial score (nSPS) is 26.0. The largest absolute Gasteiger partial charge is 0.348 e. The fourth-order valence-electron chi connectivity index (χ4n) is 4.95. The monoisotopic (exact) mass is 430 g/mol. The summed E-state index contributed by atoms with van der Waals surface area (Å²) in [6.45, 7) is 6.58. The van der Waals surface area contributed by atoms with Crippen molar-refractivity contribution in [1.29, 1.82) is 0 Å². The van der Waals surface area contributed by atoms with Crippen LogP contribution in [0.4, 0.5) is 0 Å². The van der Waals surface area contributed by atoms with Crippen molar-refractivity contribution < 1.29 is 24.1 Å². The van der Waals surface area contributed by atoms with E-state index in [0.717, 1.165) is 25.7 Å². The number of hydrogen-bond donors (Lipinski definition) is 3. The lowest BCUT2D eigenvalue weighted by molar-refractivity contribution is -0.886. The summed E-state index contributed by atoms with van der Waals surface area (Å²) in [5.74, 6) is -0.704. The standard InChI is InChI=1S/C24H35N3O4/c1-23(2,3)27(17-21(29)25-19-11-12-19)15-14-24(22(27)30,16-20(28)26-31)13-7-10-18-8-5-4-6-9-18/h4-6,8-9,19H,7,10-17H2,1-3H3,(H2-,25,26,28,29,31)/p+1. The second kappa shape index (κ2) is 9.09. The van der Waals surface area contributed by atoms with Crippen LogP contribution in [-0.4, -0.2) is 52.1 Å². The van der Waals surface area contributed by atoms with Crippen molar-refractivity contribution in [2.75, 3.05) is 13.1 Å². The molecule has 0 radical (unpaired) electrons. The van der Waals surface area contributed by atoms with E-state index in [-0.39, 0.29) is 35.3 Å². The van der Waals surface area contributed by atoms with Gasteiger partial charge < -0.3 is 5.32 Å². The molecule has 1 aromatic carbocycles. The van der Waals surface area contributed by atoms with Gasteiger partial charge in [-0.2, -0.15) is 0 Å². The SMILES string of the molecule is CC(C)(C)[N+]1(CC(=O)NC2CC2)CCC(CCCc2ccccc2)(CC(=O)NO)C1=O. The van der Waals surface area contributed by atoms with Gasteiger partial charge in [-0.25, -0.2) is 14.8 Å². The molecule has 7 nitrogen and oxygen atoms in total. The smallest absolute Gasteiger partial charge is 0.321 e. The van der Waals surface area contributed by atoms with Crippen molar-refractivity contribution in [3.8, 4) is 0 Å². The Bertz CT molecular complexity index is 816. The number of amides is 3. The molecule has 2 unspecified atom stereocenters. The van der Waals surface area contributed by atoms with Gasteiger partial charge in [0.05, 0.1) is 17.5 Å². The Hall–Kier alpha value is -2.25. The Labute approximate surface area is 184 Å². The van der Waals surface area contributed by atoms with Crippen molar-refractivity contribution in [2.45, 2.75) is 77.3 Å². The van der Waals surface area contributed by atoms with E-state index < -0.39 is 16.9 Å². The van der Waals surface area contributed by atoms with E-state index in [1.165, 1.54) is 5.56 Å². The number of nitrogens with one attached hydrogen (secondary N) is 2. The van der Waals surface area contributed by atoms with E-state index >= 15 is 0 Å². The zero-order valence-electron chi connectivity index (χ0n) is 18.9. The van der Waals surface area contributed by atoms with E-state index in [1.54, 1.807) is 5.48 Å². The number of carbonyl (C=O) groups is 3. The van der Waals surface area contributed by atoms with Crippen LogP contribution < -0.4 is 10.8 Å². The molecule has 3 N–H and O–H groups in total. The van der Waals surface area contributed by atoms with Crippen molar-refractivity contribution in [2.24, 2.45) is 5.41 Å². The first kappa shape index (κ1) is 23.4. The first-order chi connectivity index (χ1) is 14.6. The molecule has 1 aliphatic heterocycles. The van der Waals surface area contributed by atoms with Crippen LogP contribution >= 0.6 is 0 Å². The van der Waals surface area contributed by atoms with Crippen LogP contribution in [0.2, 0.25) is 0 Å². The molecule has 0 aromatic heterocycles. The maximum Gasteiger partial charge on any atom is 0.321 e. The van der Waals surface area contributed by atoms with Crippen LogP contribution in [0.1, 0.15) is 64.9 Å². The summed E-state index contributed by atoms with van der Waals surface area (Å²) in [6, 6.07) is 10.3. The molecule has 1 saturated heterocycles. The molecule has 2 atom stereocenters. The molecule has 7 heteroatoms. The predicted octanol–water partition coefficient (Wildman–Crippen LogP) is 2.72. The summed E-state index contributed by atoms with van der Waals surface area (Å²) in [5, 5.41) is 12.2. The Morgan fingerprint density at radius 2 is 1.84 bits per heavy atom. The average molecular weight is 431 g/mol. The minimum Gasteiger partial charge on any atom is -0.348 e. The highest BCUT2D eigenvalue weighted by Crippen LogP contribution is 2.47. The van der Waals surface area contributed by atoms with Gasteiger partial charge in [0.1, 0.15) is 0 Å². The predicted molar refractivity (Wildman–Crippen MR) is 117 cm³/mol. The van der Waals surface area contributed by atoms with Crippen LogP contribution in [0.25, 0.3) is 0 Å². The van der Waals surface area contributed by atoms with Crippen LogP contribution in [0, 0.1) is 5.41 Å². The van der Waals surface area contributed by atoms with E-state index in [0.29, 0.717) is 19.4 Å². The van der Waals surface area contributed by atoms with Gasteiger partial charge in [-0.05, 0) is 58.4 Å². The average Bonchev–Trinajstić information content (AvgIpc) is 3.49. The lowest BCUT2D eigenvalue weighted by Crippen LogP contribution is -2.66. The van der Waals surface area contributed by atoms with Crippen LogP contribution in [0.3, 0.4) is 0 Å².